The van der Waals surface area contributed by atoms with Crippen LogP contribution in [0.5, 0.6) is 0 Å². The third kappa shape index (κ3) is 8.52. The van der Waals surface area contributed by atoms with Gasteiger partial charge < -0.3 is 20.7 Å². The van der Waals surface area contributed by atoms with Crippen LogP contribution in [0, 0.1) is 5.41 Å². The van der Waals surface area contributed by atoms with Crippen LogP contribution in [0.1, 0.15) is 49.3 Å². The number of nitrogens with zero attached hydrogens (tertiary/aromatic N) is 2. The second kappa shape index (κ2) is 13.9. The predicted molar refractivity (Wildman–Crippen MR) is 141 cm³/mol. The summed E-state index contributed by atoms with van der Waals surface area (Å²) < 4.78 is 5.00. The van der Waals surface area contributed by atoms with E-state index < -0.39 is 18.0 Å². The highest BCUT2D eigenvalue weighted by atomic mass is 16.5. The number of likely N-dealkylation sites (tertiary alicyclic amines) is 1. The molecule has 0 radical (unpaired) electrons. The quantitative estimate of drug-likeness (QED) is 0.246. The number of hydrazine groups is 1. The summed E-state index contributed by atoms with van der Waals surface area (Å²) in [4.78, 5) is 40.9. The third-order valence-electron chi connectivity index (χ3n) is 6.12. The number of amides is 4. The van der Waals surface area contributed by atoms with Gasteiger partial charge in [0.1, 0.15) is 11.9 Å². The fourth-order valence-electron chi connectivity index (χ4n) is 4.14. The predicted octanol–water partition coefficient (Wildman–Crippen LogP) is 3.16. The number of nitrogen functional groups attached to an aromatic ring is 1. The van der Waals surface area contributed by atoms with Crippen molar-refractivity contribution in [3.8, 4) is 0 Å². The van der Waals surface area contributed by atoms with Crippen LogP contribution in [0.2, 0.25) is 0 Å². The fraction of sp³-hybridized carbons (Fsp3) is 0.407. The Morgan fingerprint density at radius 2 is 1.65 bits per heavy atom. The normalized spacial score (nSPS) is 14.1. The molecule has 198 valence electrons. The Kier molecular flexibility index (Phi) is 10.3. The van der Waals surface area contributed by atoms with E-state index in [-0.39, 0.29) is 31.4 Å². The Balaban J connectivity index is 1.82. The number of benzene rings is 2. The number of urea groups is 1. The molecule has 1 atom stereocenters. The molecule has 0 saturated carbocycles. The standard InChI is InChI=1S/C27H36N6O4/c1-2-37-26(35)30-23(18-20-10-6-5-7-11-20)25(34)31-33(27(36)32-16-8-3-4-9-17-32)19-21-12-14-22(15-13-21)24(28)29/h5-7,10-15,23H,2-4,8-9,16-19H2,1H3,(H3,28,29)(H,30,35)(H,31,34). The number of alkyl carbamates (subject to hydrolysis) is 1. The van der Waals surface area contributed by atoms with Crippen molar-refractivity contribution < 1.29 is 19.1 Å². The lowest BCUT2D eigenvalue weighted by Crippen LogP contribution is -2.57. The summed E-state index contributed by atoms with van der Waals surface area (Å²) in [6, 6.07) is 15.0. The van der Waals surface area contributed by atoms with Crippen molar-refractivity contribution in [1.82, 2.24) is 20.7 Å². The van der Waals surface area contributed by atoms with Gasteiger partial charge in [0.15, 0.2) is 0 Å². The molecule has 1 heterocycles. The van der Waals surface area contributed by atoms with E-state index in [0.29, 0.717) is 18.7 Å². The monoisotopic (exact) mass is 508 g/mol. The second-order valence-corrected chi connectivity index (χ2v) is 8.96. The van der Waals surface area contributed by atoms with Crippen LogP contribution in [-0.4, -0.2) is 59.5 Å². The molecular weight excluding hydrogens is 472 g/mol. The number of rotatable bonds is 8. The average molecular weight is 509 g/mol. The summed E-state index contributed by atoms with van der Waals surface area (Å²) in [7, 11) is 0. The van der Waals surface area contributed by atoms with Crippen LogP contribution in [-0.2, 0) is 22.5 Å². The van der Waals surface area contributed by atoms with E-state index >= 15 is 0 Å². The van der Waals surface area contributed by atoms with E-state index in [1.165, 1.54) is 5.01 Å². The zero-order chi connectivity index (χ0) is 26.6. The molecule has 0 aliphatic carbocycles. The number of ether oxygens (including phenoxy) is 1. The van der Waals surface area contributed by atoms with E-state index in [9.17, 15) is 14.4 Å². The maximum atomic E-state index is 13.5. The molecule has 2 aromatic rings. The minimum absolute atomic E-state index is 0.0499. The first-order chi connectivity index (χ1) is 17.9. The van der Waals surface area contributed by atoms with Crippen LogP contribution >= 0.6 is 0 Å². The Labute approximate surface area is 217 Å². The molecule has 1 aliphatic heterocycles. The van der Waals surface area contributed by atoms with Gasteiger partial charge in [-0.05, 0) is 30.9 Å². The topological polar surface area (TPSA) is 141 Å². The van der Waals surface area contributed by atoms with Crippen LogP contribution in [0.4, 0.5) is 9.59 Å². The summed E-state index contributed by atoms with van der Waals surface area (Å²) in [5, 5.41) is 11.5. The summed E-state index contributed by atoms with van der Waals surface area (Å²) in [6.07, 6.45) is 3.45. The Hall–Kier alpha value is -4.08. The number of carbonyl (C=O) groups is 3. The molecule has 1 aliphatic rings. The molecule has 0 spiro atoms. The molecule has 1 fully saturated rings. The summed E-state index contributed by atoms with van der Waals surface area (Å²) in [6.45, 7) is 3.19. The van der Waals surface area contributed by atoms with Crippen LogP contribution in [0.15, 0.2) is 54.6 Å². The van der Waals surface area contributed by atoms with Gasteiger partial charge in [0.05, 0.1) is 13.2 Å². The van der Waals surface area contributed by atoms with Crippen molar-refractivity contribution in [2.75, 3.05) is 19.7 Å². The molecule has 3 rings (SSSR count). The SMILES string of the molecule is CCOC(=O)NC(Cc1ccccc1)C(=O)NN(Cc1ccc(C(=N)N)cc1)C(=O)N1CCCCCC1. The van der Waals surface area contributed by atoms with Crippen molar-refractivity contribution in [3.05, 3.63) is 71.3 Å². The molecule has 0 aromatic heterocycles. The lowest BCUT2D eigenvalue weighted by molar-refractivity contribution is -0.127. The number of nitrogens with one attached hydrogen (secondary N) is 3. The number of hydrogen-bond acceptors (Lipinski definition) is 5. The van der Waals surface area contributed by atoms with E-state index in [1.807, 2.05) is 30.3 Å². The first-order valence-corrected chi connectivity index (χ1v) is 12.6. The molecule has 0 bridgehead atoms. The molecule has 2 aromatic carbocycles. The Bertz CT molecular complexity index is 1050. The highest BCUT2D eigenvalue weighted by molar-refractivity contribution is 5.94. The van der Waals surface area contributed by atoms with Gasteiger partial charge in [0.2, 0.25) is 0 Å². The summed E-state index contributed by atoms with van der Waals surface area (Å²) in [5.41, 5.74) is 10.5. The molecule has 37 heavy (non-hydrogen) atoms. The van der Waals surface area contributed by atoms with Gasteiger partial charge in [-0.1, -0.05) is 67.4 Å². The number of amidine groups is 1. The van der Waals surface area contributed by atoms with Crippen LogP contribution in [0.25, 0.3) is 0 Å². The Morgan fingerprint density at radius 1 is 1.00 bits per heavy atom. The van der Waals surface area contributed by atoms with Crippen molar-refractivity contribution in [3.63, 3.8) is 0 Å². The minimum Gasteiger partial charge on any atom is -0.450 e. The minimum atomic E-state index is -0.957. The number of hydrogen-bond donors (Lipinski definition) is 4. The van der Waals surface area contributed by atoms with Gasteiger partial charge in [-0.15, -0.1) is 0 Å². The second-order valence-electron chi connectivity index (χ2n) is 8.96. The fourth-order valence-corrected chi connectivity index (χ4v) is 4.14. The van der Waals surface area contributed by atoms with Crippen molar-refractivity contribution in [1.29, 1.82) is 5.41 Å². The molecular formula is C27H36N6O4. The smallest absolute Gasteiger partial charge is 0.407 e. The largest absolute Gasteiger partial charge is 0.450 e. The molecule has 10 nitrogen and oxygen atoms in total. The van der Waals surface area contributed by atoms with Crippen molar-refractivity contribution in [2.24, 2.45) is 5.73 Å². The molecule has 5 N–H and O–H groups in total. The van der Waals surface area contributed by atoms with E-state index in [2.05, 4.69) is 10.7 Å². The van der Waals surface area contributed by atoms with E-state index in [0.717, 1.165) is 36.8 Å². The lowest BCUT2D eigenvalue weighted by atomic mass is 10.1. The van der Waals surface area contributed by atoms with Crippen molar-refractivity contribution >= 4 is 23.9 Å². The van der Waals surface area contributed by atoms with Gasteiger partial charge in [0, 0.05) is 25.1 Å². The van der Waals surface area contributed by atoms with Crippen LogP contribution in [0.3, 0.4) is 0 Å². The zero-order valence-corrected chi connectivity index (χ0v) is 21.2. The van der Waals surface area contributed by atoms with Gasteiger partial charge in [-0.3, -0.25) is 15.6 Å². The highest BCUT2D eigenvalue weighted by Crippen LogP contribution is 2.14. The maximum absolute atomic E-state index is 13.5. The molecule has 1 saturated heterocycles. The van der Waals surface area contributed by atoms with E-state index in [1.54, 1.807) is 36.1 Å². The first kappa shape index (κ1) is 27.5. The molecule has 10 heteroatoms. The zero-order valence-electron chi connectivity index (χ0n) is 21.2. The van der Waals surface area contributed by atoms with Gasteiger partial charge >= 0.3 is 12.1 Å². The van der Waals surface area contributed by atoms with E-state index in [4.69, 9.17) is 15.9 Å². The third-order valence-corrected chi connectivity index (χ3v) is 6.12. The first-order valence-electron chi connectivity index (χ1n) is 12.6. The van der Waals surface area contributed by atoms with Gasteiger partial charge in [-0.25, -0.2) is 14.6 Å². The summed E-state index contributed by atoms with van der Waals surface area (Å²) in [5.74, 6) is -0.577. The molecule has 4 amide bonds. The number of nitrogens with two attached hydrogens (primary N) is 1. The van der Waals surface area contributed by atoms with Crippen molar-refractivity contribution in [2.45, 2.75) is 51.6 Å². The highest BCUT2D eigenvalue weighted by Gasteiger charge is 2.28. The maximum Gasteiger partial charge on any atom is 0.407 e. The number of carbonyl (C=O) groups excluding carboxylic acids is 3. The average Bonchev–Trinajstić information content (AvgIpc) is 3.18. The van der Waals surface area contributed by atoms with Gasteiger partial charge in [-0.2, -0.15) is 0 Å². The Morgan fingerprint density at radius 3 is 2.24 bits per heavy atom. The lowest BCUT2D eigenvalue weighted by Gasteiger charge is -2.31. The van der Waals surface area contributed by atoms with Gasteiger partial charge in [0.25, 0.3) is 5.91 Å². The summed E-state index contributed by atoms with van der Waals surface area (Å²) >= 11 is 0. The van der Waals surface area contributed by atoms with Crippen LogP contribution < -0.4 is 16.5 Å². The molecule has 1 unspecified atom stereocenters.